The number of anilines is 1. The summed E-state index contributed by atoms with van der Waals surface area (Å²) in [6.07, 6.45) is -1.96. The molecule has 1 atom stereocenters. The van der Waals surface area contributed by atoms with E-state index < -0.39 is 34.1 Å². The Morgan fingerprint density at radius 3 is 2.39 bits per heavy atom. The Balaban J connectivity index is 1.44. The van der Waals surface area contributed by atoms with E-state index in [1.54, 1.807) is 12.1 Å². The Morgan fingerprint density at radius 2 is 1.80 bits per heavy atom. The summed E-state index contributed by atoms with van der Waals surface area (Å²) in [5, 5.41) is 4.24. The number of carbonyl (C=O) groups is 1. The van der Waals surface area contributed by atoms with Crippen LogP contribution >= 0.6 is 0 Å². The fraction of sp³-hybridized carbons (Fsp3) is 0.464. The van der Waals surface area contributed by atoms with Crippen LogP contribution in [0.1, 0.15) is 56.0 Å². The molecule has 1 saturated carbocycles. The minimum atomic E-state index is -4.34. The molecule has 1 aliphatic carbocycles. The van der Waals surface area contributed by atoms with Crippen LogP contribution in [0.2, 0.25) is 0 Å². The Hall–Kier alpha value is -3.61. The number of pyridine rings is 1. The number of alkyl halides is 3. The van der Waals surface area contributed by atoms with E-state index in [4.69, 9.17) is 9.72 Å². The molecule has 5 rings (SSSR count). The number of halogens is 3. The van der Waals surface area contributed by atoms with Crippen LogP contribution in [0.15, 0.2) is 53.6 Å². The fourth-order valence-electron chi connectivity index (χ4n) is 5.25. The van der Waals surface area contributed by atoms with Gasteiger partial charge in [0.05, 0.1) is 10.5 Å². The van der Waals surface area contributed by atoms with Gasteiger partial charge in [-0.3, -0.25) is 4.79 Å². The van der Waals surface area contributed by atoms with Crippen molar-refractivity contribution < 1.29 is 31.1 Å². The van der Waals surface area contributed by atoms with Crippen LogP contribution in [-0.2, 0) is 10.0 Å². The number of hydrogen-bond donors (Lipinski definition) is 1. The van der Waals surface area contributed by atoms with Gasteiger partial charge in [0.1, 0.15) is 17.8 Å². The lowest BCUT2D eigenvalue weighted by atomic mass is 9.97. The first-order valence-corrected chi connectivity index (χ1v) is 14.8. The highest BCUT2D eigenvalue weighted by Crippen LogP contribution is 2.57. The van der Waals surface area contributed by atoms with Crippen molar-refractivity contribution in [1.82, 2.24) is 19.5 Å². The number of carbonyl (C=O) groups excluding carboxylic acids is 1. The molecule has 0 unspecified atom stereocenters. The summed E-state index contributed by atoms with van der Waals surface area (Å²) < 4.78 is 74.7. The van der Waals surface area contributed by atoms with E-state index in [9.17, 15) is 26.4 Å². The monoisotopic (exact) mass is 591 g/mol. The van der Waals surface area contributed by atoms with Crippen molar-refractivity contribution in [1.29, 1.82) is 0 Å². The molecule has 220 valence electrons. The second kappa shape index (κ2) is 10.0. The number of nitrogens with zero attached hydrogens (tertiary/aromatic N) is 4. The van der Waals surface area contributed by atoms with Gasteiger partial charge < -0.3 is 9.64 Å². The lowest BCUT2D eigenvalue weighted by Gasteiger charge is -2.34. The normalized spacial score (nSPS) is 19.7. The molecule has 0 spiro atoms. The largest absolute Gasteiger partial charge is 0.476 e. The highest BCUT2D eigenvalue weighted by atomic mass is 32.2. The maximum absolute atomic E-state index is 13.4. The Bertz CT molecular complexity index is 1560. The van der Waals surface area contributed by atoms with Gasteiger partial charge in [-0.15, -0.1) is 5.10 Å². The molecule has 1 amide bonds. The lowest BCUT2D eigenvalue weighted by Crippen LogP contribution is -2.41. The number of hydrogen-bond acceptors (Lipinski definition) is 7. The van der Waals surface area contributed by atoms with Crippen molar-refractivity contribution in [3.63, 3.8) is 0 Å². The Kier molecular flexibility index (Phi) is 7.07. The van der Waals surface area contributed by atoms with Gasteiger partial charge in [0.25, 0.3) is 15.9 Å². The molecule has 1 aliphatic heterocycles. The standard InChI is InChI=1S/C28H32F3N5O4S/c1-18-5-7-20(8-6-18)41(38,39)34-25(37)21-9-10-22(32-24(21)35-16-19(2)15-26(35,3)4)36-14-11-23(33-36)40-17-27(12-13-27)28(29,30)31/h5-11,14,19H,12-13,15-17H2,1-4H3,(H,34,37)/t19-/m0/s1. The maximum atomic E-state index is 13.4. The molecule has 1 N–H and O–H groups in total. The average molecular weight is 592 g/mol. The molecule has 3 heterocycles. The number of aromatic nitrogens is 3. The second-order valence-electron chi connectivity index (χ2n) is 11.7. The molecule has 9 nitrogen and oxygen atoms in total. The van der Waals surface area contributed by atoms with Crippen molar-refractivity contribution in [2.75, 3.05) is 18.1 Å². The van der Waals surface area contributed by atoms with Gasteiger partial charge in [0.15, 0.2) is 5.82 Å². The molecule has 41 heavy (non-hydrogen) atoms. The predicted octanol–water partition coefficient (Wildman–Crippen LogP) is 5.04. The lowest BCUT2D eigenvalue weighted by molar-refractivity contribution is -0.194. The fourth-order valence-corrected chi connectivity index (χ4v) is 6.21. The van der Waals surface area contributed by atoms with Crippen LogP contribution in [-0.4, -0.2) is 54.0 Å². The number of benzene rings is 1. The molecule has 2 aliphatic rings. The van der Waals surface area contributed by atoms with Crippen LogP contribution in [0.25, 0.3) is 5.82 Å². The first kappa shape index (κ1) is 28.9. The van der Waals surface area contributed by atoms with E-state index in [1.807, 2.05) is 25.7 Å². The molecule has 2 aromatic heterocycles. The van der Waals surface area contributed by atoms with Gasteiger partial charge in [0, 0.05) is 24.3 Å². The van der Waals surface area contributed by atoms with E-state index in [-0.39, 0.29) is 46.5 Å². The van der Waals surface area contributed by atoms with Gasteiger partial charge in [-0.05, 0) is 70.2 Å². The Labute approximate surface area is 236 Å². The third-order valence-electron chi connectivity index (χ3n) is 7.74. The number of rotatable bonds is 8. The van der Waals surface area contributed by atoms with Gasteiger partial charge in [-0.25, -0.2) is 22.8 Å². The zero-order valence-corrected chi connectivity index (χ0v) is 24.0. The summed E-state index contributed by atoms with van der Waals surface area (Å²) in [4.78, 5) is 20.0. The smallest absolute Gasteiger partial charge is 0.397 e. The average Bonchev–Trinajstić information content (AvgIpc) is 3.46. The molecular formula is C28H32F3N5O4S. The van der Waals surface area contributed by atoms with Crippen LogP contribution in [0.3, 0.4) is 0 Å². The Morgan fingerprint density at radius 1 is 1.12 bits per heavy atom. The van der Waals surface area contributed by atoms with Crippen LogP contribution in [0.4, 0.5) is 19.0 Å². The van der Waals surface area contributed by atoms with Gasteiger partial charge >= 0.3 is 6.18 Å². The zero-order chi connectivity index (χ0) is 29.8. The molecule has 0 radical (unpaired) electrons. The van der Waals surface area contributed by atoms with E-state index in [0.717, 1.165) is 12.0 Å². The SMILES string of the molecule is Cc1ccc(S(=O)(=O)NC(=O)c2ccc(-n3ccc(OCC4(C(F)(F)F)CC4)n3)nc2N2C[C@@H](C)CC2(C)C)cc1. The summed E-state index contributed by atoms with van der Waals surface area (Å²) in [5.74, 6) is 0.0441. The zero-order valence-electron chi connectivity index (χ0n) is 23.2. The topological polar surface area (TPSA) is 106 Å². The van der Waals surface area contributed by atoms with Crippen molar-refractivity contribution >= 4 is 21.7 Å². The van der Waals surface area contributed by atoms with Crippen LogP contribution < -0.4 is 14.4 Å². The van der Waals surface area contributed by atoms with Gasteiger partial charge in [0.2, 0.25) is 5.88 Å². The van der Waals surface area contributed by atoms with E-state index in [2.05, 4.69) is 16.7 Å². The summed E-state index contributed by atoms with van der Waals surface area (Å²) in [6, 6.07) is 10.6. The second-order valence-corrected chi connectivity index (χ2v) is 13.4. The highest BCUT2D eigenvalue weighted by Gasteiger charge is 2.64. The first-order chi connectivity index (χ1) is 19.1. The number of nitrogens with one attached hydrogen (secondary N) is 1. The van der Waals surface area contributed by atoms with E-state index in [1.165, 1.54) is 41.2 Å². The summed E-state index contributed by atoms with van der Waals surface area (Å²) in [5.41, 5.74) is -1.27. The highest BCUT2D eigenvalue weighted by molar-refractivity contribution is 7.90. The van der Waals surface area contributed by atoms with E-state index >= 15 is 0 Å². The van der Waals surface area contributed by atoms with Gasteiger partial charge in [-0.2, -0.15) is 13.2 Å². The quantitative estimate of drug-likeness (QED) is 0.391. The number of ether oxygens (including phenoxy) is 1. The van der Waals surface area contributed by atoms with Crippen LogP contribution in [0, 0.1) is 18.3 Å². The third-order valence-corrected chi connectivity index (χ3v) is 9.09. The molecule has 1 saturated heterocycles. The van der Waals surface area contributed by atoms with Crippen molar-refractivity contribution in [3.8, 4) is 11.7 Å². The van der Waals surface area contributed by atoms with Crippen molar-refractivity contribution in [3.05, 3.63) is 59.8 Å². The van der Waals surface area contributed by atoms with Gasteiger partial charge in [-0.1, -0.05) is 24.6 Å². The first-order valence-electron chi connectivity index (χ1n) is 13.3. The van der Waals surface area contributed by atoms with Crippen molar-refractivity contribution in [2.45, 2.75) is 63.6 Å². The minimum Gasteiger partial charge on any atom is -0.476 e. The number of amides is 1. The summed E-state index contributed by atoms with van der Waals surface area (Å²) in [7, 11) is -4.15. The molecule has 2 fully saturated rings. The molecule has 13 heteroatoms. The third kappa shape index (κ3) is 5.77. The maximum Gasteiger partial charge on any atom is 0.397 e. The molecule has 0 bridgehead atoms. The molecular weight excluding hydrogens is 559 g/mol. The van der Waals surface area contributed by atoms with Crippen LogP contribution in [0.5, 0.6) is 5.88 Å². The summed E-state index contributed by atoms with van der Waals surface area (Å²) in [6.45, 7) is 8.02. The van der Waals surface area contributed by atoms with E-state index in [0.29, 0.717) is 12.4 Å². The number of sulfonamides is 1. The molecule has 1 aromatic carbocycles. The summed E-state index contributed by atoms with van der Waals surface area (Å²) >= 11 is 0. The van der Waals surface area contributed by atoms with Crippen molar-refractivity contribution in [2.24, 2.45) is 11.3 Å². The number of aryl methyl sites for hydroxylation is 1. The minimum absolute atomic E-state index is 0.0185. The molecule has 3 aromatic rings. The predicted molar refractivity (Wildman–Crippen MR) is 146 cm³/mol.